The van der Waals surface area contributed by atoms with E-state index in [-0.39, 0.29) is 12.8 Å². The van der Waals surface area contributed by atoms with Gasteiger partial charge in [-0.3, -0.25) is 19.2 Å². The van der Waals surface area contributed by atoms with Gasteiger partial charge in [0.15, 0.2) is 0 Å². The van der Waals surface area contributed by atoms with Gasteiger partial charge in [-0.05, 0) is 11.5 Å². The molecule has 13 heteroatoms. The van der Waals surface area contributed by atoms with Crippen molar-refractivity contribution in [2.45, 2.75) is 57.3 Å². The Morgan fingerprint density at radius 1 is 0.919 bits per heavy atom. The van der Waals surface area contributed by atoms with E-state index < -0.39 is 66.2 Å². The quantitative estimate of drug-likeness (QED) is 0.167. The molecule has 2 aromatic rings. The molecule has 37 heavy (non-hydrogen) atoms. The third-order valence-electron chi connectivity index (χ3n) is 5.49. The zero-order valence-electron chi connectivity index (χ0n) is 20.5. The van der Waals surface area contributed by atoms with Crippen molar-refractivity contribution >= 4 is 29.7 Å². The predicted octanol–water partition coefficient (Wildman–Crippen LogP) is -0.808. The normalized spacial score (nSPS) is 14.2. The largest absolute Gasteiger partial charge is 0.481 e. The standard InChI is InChI=1S/C24H32N6O7/c1-13(2)20(23(35)29-18(24(36)37)10-19(31)32)30-22(34)17(8-14-6-4-3-5-7-14)28-21(33)16(25)9-15-11-26-12-27-15/h3-7,11-13,16-18,20H,8-10,25H2,1-2H3,(H,26,27)(H,28,33)(H,29,35)(H,30,34)(H,31,32)(H,36,37). The van der Waals surface area contributed by atoms with E-state index in [4.69, 9.17) is 10.8 Å². The topological polar surface area (TPSA) is 217 Å². The van der Waals surface area contributed by atoms with Gasteiger partial charge in [0.25, 0.3) is 0 Å². The fraction of sp³-hybridized carbons (Fsp3) is 0.417. The smallest absolute Gasteiger partial charge is 0.326 e. The summed E-state index contributed by atoms with van der Waals surface area (Å²) in [7, 11) is 0. The summed E-state index contributed by atoms with van der Waals surface area (Å²) in [5.41, 5.74) is 7.39. The fourth-order valence-corrected chi connectivity index (χ4v) is 3.49. The van der Waals surface area contributed by atoms with Crippen molar-refractivity contribution in [3.63, 3.8) is 0 Å². The Balaban J connectivity index is 2.18. The highest BCUT2D eigenvalue weighted by Crippen LogP contribution is 2.08. The summed E-state index contributed by atoms with van der Waals surface area (Å²) in [5, 5.41) is 25.5. The Morgan fingerprint density at radius 3 is 2.11 bits per heavy atom. The maximum absolute atomic E-state index is 13.3. The Labute approximate surface area is 213 Å². The van der Waals surface area contributed by atoms with E-state index in [1.807, 2.05) is 0 Å². The summed E-state index contributed by atoms with van der Waals surface area (Å²) in [6.45, 7) is 3.26. The summed E-state index contributed by atoms with van der Waals surface area (Å²) in [6.07, 6.45) is 2.40. The minimum atomic E-state index is -1.68. The van der Waals surface area contributed by atoms with E-state index in [1.54, 1.807) is 44.2 Å². The second-order valence-electron chi connectivity index (χ2n) is 8.87. The van der Waals surface area contributed by atoms with Gasteiger partial charge >= 0.3 is 11.9 Å². The van der Waals surface area contributed by atoms with Gasteiger partial charge in [-0.15, -0.1) is 0 Å². The molecule has 8 N–H and O–H groups in total. The molecule has 13 nitrogen and oxygen atoms in total. The van der Waals surface area contributed by atoms with Crippen LogP contribution >= 0.6 is 0 Å². The number of aromatic nitrogens is 2. The number of benzene rings is 1. The first kappa shape index (κ1) is 29.0. The van der Waals surface area contributed by atoms with Gasteiger partial charge in [0, 0.05) is 24.7 Å². The zero-order chi connectivity index (χ0) is 27.5. The molecule has 1 heterocycles. The fourth-order valence-electron chi connectivity index (χ4n) is 3.49. The Morgan fingerprint density at radius 2 is 1.57 bits per heavy atom. The predicted molar refractivity (Wildman–Crippen MR) is 131 cm³/mol. The van der Waals surface area contributed by atoms with Crippen LogP contribution in [0, 0.1) is 5.92 Å². The van der Waals surface area contributed by atoms with Gasteiger partial charge < -0.3 is 36.9 Å². The number of carbonyl (C=O) groups is 5. The van der Waals surface area contributed by atoms with E-state index in [0.717, 1.165) is 5.56 Å². The number of nitrogens with one attached hydrogen (secondary N) is 4. The van der Waals surface area contributed by atoms with E-state index in [2.05, 4.69) is 25.9 Å². The summed E-state index contributed by atoms with van der Waals surface area (Å²) in [6, 6.07) is 3.92. The number of imidazole rings is 1. The molecule has 4 atom stereocenters. The van der Waals surface area contributed by atoms with E-state index in [9.17, 15) is 29.1 Å². The molecular weight excluding hydrogens is 484 g/mol. The first-order valence-corrected chi connectivity index (χ1v) is 11.6. The lowest BCUT2D eigenvalue weighted by Crippen LogP contribution is -2.59. The lowest BCUT2D eigenvalue weighted by atomic mass is 10.00. The van der Waals surface area contributed by atoms with Crippen LogP contribution < -0.4 is 21.7 Å². The number of H-pyrrole nitrogens is 1. The van der Waals surface area contributed by atoms with E-state index in [1.165, 1.54) is 12.5 Å². The van der Waals surface area contributed by atoms with Crippen LogP contribution in [0.2, 0.25) is 0 Å². The molecule has 200 valence electrons. The van der Waals surface area contributed by atoms with Crippen LogP contribution in [0.25, 0.3) is 0 Å². The molecule has 4 unspecified atom stereocenters. The second-order valence-corrected chi connectivity index (χ2v) is 8.87. The van der Waals surface area contributed by atoms with Gasteiger partial charge in [-0.25, -0.2) is 9.78 Å². The lowest BCUT2D eigenvalue weighted by Gasteiger charge is -2.27. The SMILES string of the molecule is CC(C)C(NC(=O)C(Cc1ccccc1)NC(=O)C(N)Cc1cnc[nH]1)C(=O)NC(CC(=O)O)C(=O)O. The number of hydrogen-bond acceptors (Lipinski definition) is 7. The first-order chi connectivity index (χ1) is 17.5. The monoisotopic (exact) mass is 516 g/mol. The molecule has 0 saturated carbocycles. The minimum absolute atomic E-state index is 0.0956. The summed E-state index contributed by atoms with van der Waals surface area (Å²) in [4.78, 5) is 67.9. The summed E-state index contributed by atoms with van der Waals surface area (Å²) >= 11 is 0. The molecular formula is C24H32N6O7. The van der Waals surface area contributed by atoms with Crippen molar-refractivity contribution in [2.24, 2.45) is 11.7 Å². The molecule has 3 amide bonds. The number of nitrogens with zero attached hydrogens (tertiary/aromatic N) is 1. The number of aromatic amines is 1. The number of amides is 3. The van der Waals surface area contributed by atoms with Gasteiger partial charge in [0.05, 0.1) is 18.8 Å². The van der Waals surface area contributed by atoms with Crippen molar-refractivity contribution in [2.75, 3.05) is 0 Å². The summed E-state index contributed by atoms with van der Waals surface area (Å²) in [5.74, 6) is -5.56. The average molecular weight is 517 g/mol. The van der Waals surface area contributed by atoms with Crippen molar-refractivity contribution in [3.8, 4) is 0 Å². The highest BCUT2D eigenvalue weighted by atomic mass is 16.4. The Hall–Kier alpha value is -4.26. The maximum atomic E-state index is 13.3. The van der Waals surface area contributed by atoms with Gasteiger partial charge in [-0.2, -0.15) is 0 Å². The van der Waals surface area contributed by atoms with Crippen LogP contribution in [-0.4, -0.2) is 74.0 Å². The van der Waals surface area contributed by atoms with Crippen LogP contribution in [0.15, 0.2) is 42.9 Å². The van der Waals surface area contributed by atoms with Crippen LogP contribution in [-0.2, 0) is 36.8 Å². The number of nitrogens with two attached hydrogens (primary N) is 1. The molecule has 0 radical (unpaired) electrons. The number of hydrogen-bond donors (Lipinski definition) is 7. The number of rotatable bonds is 14. The first-order valence-electron chi connectivity index (χ1n) is 11.6. The molecule has 1 aromatic heterocycles. The molecule has 0 aliphatic rings. The molecule has 0 fully saturated rings. The van der Waals surface area contributed by atoms with Crippen LogP contribution in [0.5, 0.6) is 0 Å². The van der Waals surface area contributed by atoms with E-state index >= 15 is 0 Å². The number of aliphatic carboxylic acids is 2. The average Bonchev–Trinajstić information content (AvgIpc) is 3.34. The molecule has 0 spiro atoms. The Bertz CT molecular complexity index is 1070. The maximum Gasteiger partial charge on any atom is 0.326 e. The zero-order valence-corrected chi connectivity index (χ0v) is 20.5. The molecule has 0 saturated heterocycles. The highest BCUT2D eigenvalue weighted by molar-refractivity contribution is 5.95. The molecule has 1 aromatic carbocycles. The van der Waals surface area contributed by atoms with Crippen LogP contribution in [0.4, 0.5) is 0 Å². The van der Waals surface area contributed by atoms with Crippen molar-refractivity contribution in [3.05, 3.63) is 54.1 Å². The second kappa shape index (κ2) is 13.7. The molecule has 0 aliphatic heterocycles. The highest BCUT2D eigenvalue weighted by Gasteiger charge is 2.32. The lowest BCUT2D eigenvalue weighted by molar-refractivity contribution is -0.147. The molecule has 0 aliphatic carbocycles. The van der Waals surface area contributed by atoms with Gasteiger partial charge in [0.1, 0.15) is 18.1 Å². The number of carboxylic acids is 2. The third kappa shape index (κ3) is 9.37. The van der Waals surface area contributed by atoms with Crippen molar-refractivity contribution < 1.29 is 34.2 Å². The third-order valence-corrected chi connectivity index (χ3v) is 5.49. The van der Waals surface area contributed by atoms with E-state index in [0.29, 0.717) is 5.69 Å². The van der Waals surface area contributed by atoms with Crippen LogP contribution in [0.3, 0.4) is 0 Å². The summed E-state index contributed by atoms with van der Waals surface area (Å²) < 4.78 is 0. The molecule has 2 rings (SSSR count). The number of carbonyl (C=O) groups excluding carboxylic acids is 3. The Kier molecular flexibility index (Phi) is 10.8. The number of carboxylic acid groups (broad SMARTS) is 2. The van der Waals surface area contributed by atoms with Crippen molar-refractivity contribution in [1.29, 1.82) is 0 Å². The van der Waals surface area contributed by atoms with Crippen molar-refractivity contribution in [1.82, 2.24) is 25.9 Å². The van der Waals surface area contributed by atoms with Gasteiger partial charge in [0.2, 0.25) is 17.7 Å². The van der Waals surface area contributed by atoms with Gasteiger partial charge in [-0.1, -0.05) is 44.2 Å². The molecule has 0 bridgehead atoms. The van der Waals surface area contributed by atoms with Crippen LogP contribution in [0.1, 0.15) is 31.5 Å². The minimum Gasteiger partial charge on any atom is -0.481 e.